The van der Waals surface area contributed by atoms with Crippen LogP contribution < -0.4 is 4.90 Å². The summed E-state index contributed by atoms with van der Waals surface area (Å²) in [6.07, 6.45) is 10.9. The number of nitrogens with one attached hydrogen (secondary N) is 1. The van der Waals surface area contributed by atoms with Crippen LogP contribution in [0.25, 0.3) is 10.9 Å². The van der Waals surface area contributed by atoms with E-state index in [1.165, 1.54) is 23.8 Å². The summed E-state index contributed by atoms with van der Waals surface area (Å²) in [5.74, 6) is 0.781. The maximum absolute atomic E-state index is 13.1. The molecular formula is C26H34N4O2. The van der Waals surface area contributed by atoms with Gasteiger partial charge in [-0.3, -0.25) is 9.69 Å². The minimum atomic E-state index is 0.0711. The number of anilines is 1. The molecule has 1 N–H and O–H groups in total. The van der Waals surface area contributed by atoms with Gasteiger partial charge in [-0.25, -0.2) is 4.98 Å². The Morgan fingerprint density at radius 1 is 1.25 bits per heavy atom. The number of carbonyl (C=O) groups is 1. The van der Waals surface area contributed by atoms with Crippen molar-refractivity contribution in [3.63, 3.8) is 0 Å². The minimum Gasteiger partial charge on any atom is -0.420 e. The SMILES string of the molecule is CCCCC(CC(=O)c1cnc(N2CC3CCC(C2)N3C)o1)Cc1c[nH]c2ccccc12. The van der Waals surface area contributed by atoms with Gasteiger partial charge in [0.25, 0.3) is 6.01 Å². The molecular weight excluding hydrogens is 400 g/mol. The Morgan fingerprint density at radius 3 is 2.81 bits per heavy atom. The first kappa shape index (κ1) is 21.3. The van der Waals surface area contributed by atoms with Gasteiger partial charge in [-0.15, -0.1) is 0 Å². The fourth-order valence-corrected chi connectivity index (χ4v) is 5.55. The summed E-state index contributed by atoms with van der Waals surface area (Å²) in [6.45, 7) is 4.07. The average molecular weight is 435 g/mol. The van der Waals surface area contributed by atoms with Crippen molar-refractivity contribution < 1.29 is 9.21 Å². The number of hydrogen-bond acceptors (Lipinski definition) is 5. The third-order valence-electron chi connectivity index (χ3n) is 7.51. The number of hydrogen-bond donors (Lipinski definition) is 1. The Bertz CT molecular complexity index is 1060. The van der Waals surface area contributed by atoms with Crippen LogP contribution in [0.1, 0.15) is 61.6 Å². The Balaban J connectivity index is 1.26. The maximum atomic E-state index is 13.1. The van der Waals surface area contributed by atoms with E-state index in [-0.39, 0.29) is 5.78 Å². The second-order valence-corrected chi connectivity index (χ2v) is 9.66. The molecule has 2 saturated heterocycles. The molecule has 3 unspecified atom stereocenters. The lowest BCUT2D eigenvalue weighted by Gasteiger charge is -2.38. The van der Waals surface area contributed by atoms with E-state index in [0.717, 1.165) is 44.3 Å². The zero-order valence-corrected chi connectivity index (χ0v) is 19.2. The topological polar surface area (TPSA) is 65.4 Å². The standard InChI is InChI=1S/C26H34N4O2/c1-3-4-7-18(12-19-14-27-23-9-6-5-8-22(19)23)13-24(31)25-15-28-26(32-25)30-16-20-10-11-21(17-30)29(20)2/h5-6,8-9,14-15,18,20-21,27H,3-4,7,10-13,16-17H2,1-2H3. The molecule has 2 fully saturated rings. The molecule has 32 heavy (non-hydrogen) atoms. The van der Waals surface area contributed by atoms with Gasteiger partial charge in [-0.1, -0.05) is 38.0 Å². The van der Waals surface area contributed by atoms with E-state index >= 15 is 0 Å². The molecule has 2 aliphatic heterocycles. The molecule has 4 heterocycles. The monoisotopic (exact) mass is 434 g/mol. The number of aromatic nitrogens is 2. The van der Waals surface area contributed by atoms with Crippen LogP contribution >= 0.6 is 0 Å². The molecule has 5 rings (SSSR count). The fraction of sp³-hybridized carbons (Fsp3) is 0.538. The highest BCUT2D eigenvalue weighted by atomic mass is 16.4. The largest absolute Gasteiger partial charge is 0.420 e. The molecule has 2 aromatic heterocycles. The molecule has 6 nitrogen and oxygen atoms in total. The van der Waals surface area contributed by atoms with Crippen LogP contribution in [0.3, 0.4) is 0 Å². The van der Waals surface area contributed by atoms with Gasteiger partial charge in [0.05, 0.1) is 6.20 Å². The molecule has 0 aliphatic carbocycles. The number of fused-ring (bicyclic) bond motifs is 3. The number of H-pyrrole nitrogens is 1. The molecule has 1 aromatic carbocycles. The van der Waals surface area contributed by atoms with Gasteiger partial charge in [-0.2, -0.15) is 0 Å². The van der Waals surface area contributed by atoms with Crippen LogP contribution in [0.15, 0.2) is 41.1 Å². The first-order chi connectivity index (χ1) is 15.6. The highest BCUT2D eigenvalue weighted by Gasteiger charge is 2.39. The van der Waals surface area contributed by atoms with Crippen molar-refractivity contribution >= 4 is 22.7 Å². The summed E-state index contributed by atoms with van der Waals surface area (Å²) < 4.78 is 6.00. The lowest BCUT2D eigenvalue weighted by molar-refractivity contribution is 0.0931. The van der Waals surface area contributed by atoms with Crippen LogP contribution in [-0.2, 0) is 6.42 Å². The number of Topliss-reactive ketones (excluding diaryl/α,β-unsaturated/α-hetero) is 1. The minimum absolute atomic E-state index is 0.0711. The van der Waals surface area contributed by atoms with Crippen molar-refractivity contribution in [2.24, 2.45) is 5.92 Å². The van der Waals surface area contributed by atoms with Crippen molar-refractivity contribution in [3.8, 4) is 0 Å². The third-order valence-corrected chi connectivity index (χ3v) is 7.51. The average Bonchev–Trinajstić information content (AvgIpc) is 3.49. The van der Waals surface area contributed by atoms with Gasteiger partial charge in [0.15, 0.2) is 11.5 Å². The van der Waals surface area contributed by atoms with Crippen molar-refractivity contribution in [2.75, 3.05) is 25.0 Å². The number of likely N-dealkylation sites (N-methyl/N-ethyl adjacent to an activating group) is 1. The molecule has 6 heteroatoms. The highest BCUT2D eigenvalue weighted by Crippen LogP contribution is 2.32. The second kappa shape index (κ2) is 9.10. The molecule has 3 atom stereocenters. The Morgan fingerprint density at radius 2 is 2.03 bits per heavy atom. The molecule has 3 aromatic rings. The lowest BCUT2D eigenvalue weighted by atomic mass is 9.89. The number of carbonyl (C=O) groups excluding carboxylic acids is 1. The summed E-state index contributed by atoms with van der Waals surface area (Å²) in [5.41, 5.74) is 2.45. The normalized spacial score (nSPS) is 22.0. The Labute approximate surface area is 190 Å². The van der Waals surface area contributed by atoms with Crippen LogP contribution in [0, 0.1) is 5.92 Å². The maximum Gasteiger partial charge on any atom is 0.297 e. The quantitative estimate of drug-likeness (QED) is 0.477. The predicted octanol–water partition coefficient (Wildman–Crippen LogP) is 5.06. The van der Waals surface area contributed by atoms with Crippen LogP contribution in [0.4, 0.5) is 6.01 Å². The van der Waals surface area contributed by atoms with E-state index in [9.17, 15) is 4.79 Å². The van der Waals surface area contributed by atoms with Crippen LogP contribution in [-0.4, -0.2) is 52.9 Å². The van der Waals surface area contributed by atoms with Gasteiger partial charge in [-0.05, 0) is 50.3 Å². The van der Waals surface area contributed by atoms with E-state index in [4.69, 9.17) is 4.42 Å². The molecule has 0 amide bonds. The Kier molecular flexibility index (Phi) is 6.05. The number of piperazine rings is 1. The molecule has 2 aliphatic rings. The van der Waals surface area contributed by atoms with E-state index < -0.39 is 0 Å². The fourth-order valence-electron chi connectivity index (χ4n) is 5.55. The first-order valence-electron chi connectivity index (χ1n) is 12.1. The van der Waals surface area contributed by atoms with Crippen molar-refractivity contribution in [1.82, 2.24) is 14.9 Å². The van der Waals surface area contributed by atoms with Gasteiger partial charge in [0.1, 0.15) is 0 Å². The summed E-state index contributed by atoms with van der Waals surface area (Å²) in [5, 5.41) is 1.26. The summed E-state index contributed by atoms with van der Waals surface area (Å²) in [4.78, 5) is 25.7. The summed E-state index contributed by atoms with van der Waals surface area (Å²) in [6, 6.07) is 10.1. The Hall–Kier alpha value is -2.60. The van der Waals surface area contributed by atoms with E-state index in [0.29, 0.717) is 36.2 Å². The molecule has 0 spiro atoms. The number of aromatic amines is 1. The highest BCUT2D eigenvalue weighted by molar-refractivity contribution is 5.93. The third kappa shape index (κ3) is 4.20. The van der Waals surface area contributed by atoms with Gasteiger partial charge in [0, 0.05) is 48.7 Å². The molecule has 0 radical (unpaired) electrons. The number of benzene rings is 1. The number of para-hydroxylation sites is 1. The van der Waals surface area contributed by atoms with Gasteiger partial charge in [0.2, 0.25) is 0 Å². The second-order valence-electron chi connectivity index (χ2n) is 9.66. The van der Waals surface area contributed by atoms with E-state index in [2.05, 4.69) is 58.1 Å². The van der Waals surface area contributed by atoms with Crippen molar-refractivity contribution in [2.45, 2.75) is 64.0 Å². The summed E-state index contributed by atoms with van der Waals surface area (Å²) >= 11 is 0. The number of nitrogens with zero attached hydrogens (tertiary/aromatic N) is 3. The lowest BCUT2D eigenvalue weighted by Crippen LogP contribution is -2.52. The smallest absolute Gasteiger partial charge is 0.297 e. The number of ketones is 1. The van der Waals surface area contributed by atoms with Crippen molar-refractivity contribution in [3.05, 3.63) is 48.0 Å². The molecule has 2 bridgehead atoms. The molecule has 170 valence electrons. The van der Waals surface area contributed by atoms with Gasteiger partial charge < -0.3 is 14.3 Å². The molecule has 0 saturated carbocycles. The zero-order valence-electron chi connectivity index (χ0n) is 19.2. The van der Waals surface area contributed by atoms with Crippen LogP contribution in [0.5, 0.6) is 0 Å². The number of oxazole rings is 1. The number of unbranched alkanes of at least 4 members (excludes halogenated alkanes) is 1. The van der Waals surface area contributed by atoms with E-state index in [1.54, 1.807) is 6.20 Å². The number of rotatable bonds is 9. The van der Waals surface area contributed by atoms with Gasteiger partial charge >= 0.3 is 0 Å². The van der Waals surface area contributed by atoms with Crippen LogP contribution in [0.2, 0.25) is 0 Å². The summed E-state index contributed by atoms with van der Waals surface area (Å²) in [7, 11) is 2.22. The predicted molar refractivity (Wildman–Crippen MR) is 127 cm³/mol. The zero-order chi connectivity index (χ0) is 22.1. The first-order valence-corrected chi connectivity index (χ1v) is 12.1. The van der Waals surface area contributed by atoms with Crippen molar-refractivity contribution in [1.29, 1.82) is 0 Å². The van der Waals surface area contributed by atoms with E-state index in [1.807, 2.05) is 6.07 Å².